The first-order valence-electron chi connectivity index (χ1n) is 11.1. The number of nitrogens with zero attached hydrogens (tertiary/aromatic N) is 2. The molecule has 1 aromatic heterocycles. The van der Waals surface area contributed by atoms with Gasteiger partial charge in [0.15, 0.2) is 0 Å². The fraction of sp³-hybridized carbons (Fsp3) is 0.458. The number of hydrogen-bond acceptors (Lipinski definition) is 7. The quantitative estimate of drug-likeness (QED) is 0.291. The highest BCUT2D eigenvalue weighted by atomic mass is 32.2. The van der Waals surface area contributed by atoms with Crippen LogP contribution in [0.4, 0.5) is 29.6 Å². The minimum absolute atomic E-state index is 0.147. The molecule has 0 bridgehead atoms. The first kappa shape index (κ1) is 28.3. The first-order valence-corrected chi connectivity index (χ1v) is 11.9. The Bertz CT molecular complexity index is 946. The standard InChI is InChI=1S/C22H28F3N5O2S.C2H2/c1-13(2)30-33-19-6-4-17(5-7-19)29-20-26-11-16(12-27-20)15-8-18(9-15)32-21(31)28-14(3)10-22(23,24)25;1-2/h4-7,11-15,18,30H,8-10H2,1-3H3,(H,28,31)(H,26,27,29);1-2H. The molecule has 35 heavy (non-hydrogen) atoms. The van der Waals surface area contributed by atoms with Crippen molar-refractivity contribution in [3.8, 4) is 12.8 Å². The summed E-state index contributed by atoms with van der Waals surface area (Å²) < 4.78 is 45.5. The van der Waals surface area contributed by atoms with Gasteiger partial charge in [0.05, 0.1) is 6.42 Å². The number of terminal acetylenes is 1. The van der Waals surface area contributed by atoms with Gasteiger partial charge in [-0.2, -0.15) is 13.2 Å². The first-order chi connectivity index (χ1) is 16.6. The highest BCUT2D eigenvalue weighted by Crippen LogP contribution is 2.38. The summed E-state index contributed by atoms with van der Waals surface area (Å²) in [5.41, 5.74) is 1.80. The van der Waals surface area contributed by atoms with Crippen molar-refractivity contribution in [2.75, 3.05) is 5.32 Å². The number of anilines is 2. The lowest BCUT2D eigenvalue weighted by molar-refractivity contribution is -0.138. The number of ether oxygens (including phenoxy) is 1. The van der Waals surface area contributed by atoms with Gasteiger partial charge in [-0.1, -0.05) is 0 Å². The maximum absolute atomic E-state index is 12.3. The second-order valence-corrected chi connectivity index (χ2v) is 9.34. The normalized spacial score (nSPS) is 18.0. The molecule has 1 aliphatic carbocycles. The summed E-state index contributed by atoms with van der Waals surface area (Å²) in [6.07, 6.45) is 6.06. The van der Waals surface area contributed by atoms with Crippen molar-refractivity contribution in [3.05, 3.63) is 42.2 Å². The Kier molecular flexibility index (Phi) is 10.7. The molecule has 1 fully saturated rings. The highest BCUT2D eigenvalue weighted by Gasteiger charge is 2.35. The van der Waals surface area contributed by atoms with Crippen LogP contribution in [0.15, 0.2) is 41.6 Å². The van der Waals surface area contributed by atoms with Crippen molar-refractivity contribution < 1.29 is 22.7 Å². The lowest BCUT2D eigenvalue weighted by Crippen LogP contribution is -2.40. The molecule has 1 saturated carbocycles. The van der Waals surface area contributed by atoms with E-state index in [1.54, 1.807) is 24.3 Å². The smallest absolute Gasteiger partial charge is 0.407 e. The van der Waals surface area contributed by atoms with Crippen molar-refractivity contribution in [1.82, 2.24) is 20.0 Å². The third kappa shape index (κ3) is 10.0. The second-order valence-electron chi connectivity index (χ2n) is 8.42. The molecule has 1 unspecified atom stereocenters. The monoisotopic (exact) mass is 509 g/mol. The van der Waals surface area contributed by atoms with Gasteiger partial charge in [-0.25, -0.2) is 14.8 Å². The molecule has 0 aliphatic heterocycles. The zero-order valence-electron chi connectivity index (χ0n) is 19.8. The summed E-state index contributed by atoms with van der Waals surface area (Å²) in [4.78, 5) is 21.6. The van der Waals surface area contributed by atoms with Crippen molar-refractivity contribution in [1.29, 1.82) is 0 Å². The minimum Gasteiger partial charge on any atom is -0.446 e. The fourth-order valence-electron chi connectivity index (χ4n) is 3.25. The lowest BCUT2D eigenvalue weighted by Gasteiger charge is -2.34. The van der Waals surface area contributed by atoms with E-state index in [2.05, 4.69) is 52.0 Å². The fourth-order valence-corrected chi connectivity index (χ4v) is 3.90. The van der Waals surface area contributed by atoms with E-state index in [-0.39, 0.29) is 12.0 Å². The molecule has 3 N–H and O–H groups in total. The highest BCUT2D eigenvalue weighted by molar-refractivity contribution is 7.97. The molecule has 0 radical (unpaired) electrons. The second kappa shape index (κ2) is 13.2. The largest absolute Gasteiger partial charge is 0.446 e. The third-order valence-corrected chi connectivity index (χ3v) is 6.03. The summed E-state index contributed by atoms with van der Waals surface area (Å²) >= 11 is 1.58. The van der Waals surface area contributed by atoms with Gasteiger partial charge in [0.2, 0.25) is 5.95 Å². The summed E-state index contributed by atoms with van der Waals surface area (Å²) in [6.45, 7) is 5.46. The van der Waals surface area contributed by atoms with E-state index >= 15 is 0 Å². The number of benzene rings is 1. The van der Waals surface area contributed by atoms with Crippen LogP contribution < -0.4 is 15.4 Å². The van der Waals surface area contributed by atoms with Gasteiger partial charge in [-0.3, -0.25) is 4.72 Å². The van der Waals surface area contributed by atoms with Crippen molar-refractivity contribution >= 4 is 29.7 Å². The lowest BCUT2D eigenvalue weighted by atomic mass is 9.78. The van der Waals surface area contributed by atoms with Gasteiger partial charge >= 0.3 is 12.3 Å². The van der Waals surface area contributed by atoms with Gasteiger partial charge in [-0.05, 0) is 81.3 Å². The average Bonchev–Trinajstić information content (AvgIpc) is 2.76. The molecule has 1 aliphatic rings. The van der Waals surface area contributed by atoms with Crippen LogP contribution in [0.3, 0.4) is 0 Å². The minimum atomic E-state index is -4.33. The maximum Gasteiger partial charge on any atom is 0.407 e. The number of rotatable bonds is 9. The molecule has 0 spiro atoms. The van der Waals surface area contributed by atoms with E-state index < -0.39 is 24.7 Å². The SMILES string of the molecule is C#C.CC(C)NSc1ccc(Nc2ncc(C3CC(OC(=O)NC(C)CC(F)(F)F)C3)cn2)cc1. The molecule has 3 rings (SSSR count). The predicted molar refractivity (Wildman–Crippen MR) is 131 cm³/mol. The van der Waals surface area contributed by atoms with Gasteiger partial charge in [0.1, 0.15) is 6.10 Å². The number of halogens is 3. The number of aromatic nitrogens is 2. The number of nitrogens with one attached hydrogen (secondary N) is 3. The molecule has 1 aromatic carbocycles. The van der Waals surface area contributed by atoms with E-state index in [1.165, 1.54) is 6.92 Å². The van der Waals surface area contributed by atoms with Crippen molar-refractivity contribution in [3.63, 3.8) is 0 Å². The number of hydrogen-bond donors (Lipinski definition) is 3. The van der Waals surface area contributed by atoms with Gasteiger partial charge in [-0.15, -0.1) is 12.8 Å². The van der Waals surface area contributed by atoms with Crippen LogP contribution in [0.25, 0.3) is 0 Å². The molecule has 1 heterocycles. The molecule has 0 saturated heterocycles. The van der Waals surface area contributed by atoms with E-state index in [1.807, 2.05) is 24.3 Å². The average molecular weight is 510 g/mol. The predicted octanol–water partition coefficient (Wildman–Crippen LogP) is 5.79. The third-order valence-electron chi connectivity index (χ3n) is 4.94. The Morgan fingerprint density at radius 1 is 1.14 bits per heavy atom. The van der Waals surface area contributed by atoms with Crippen molar-refractivity contribution in [2.24, 2.45) is 0 Å². The number of amides is 1. The molecule has 1 atom stereocenters. The number of carbonyl (C=O) groups excluding carboxylic acids is 1. The zero-order valence-corrected chi connectivity index (χ0v) is 20.6. The zero-order chi connectivity index (χ0) is 26.0. The van der Waals surface area contributed by atoms with Crippen molar-refractivity contribution in [2.45, 2.75) is 75.2 Å². The van der Waals surface area contributed by atoms with E-state index in [4.69, 9.17) is 4.74 Å². The molecule has 2 aromatic rings. The van der Waals surface area contributed by atoms with Crippen LogP contribution in [-0.2, 0) is 4.74 Å². The summed E-state index contributed by atoms with van der Waals surface area (Å²) in [5, 5.41) is 5.37. The van der Waals surface area contributed by atoms with Gasteiger partial charge < -0.3 is 15.4 Å². The van der Waals surface area contributed by atoms with E-state index in [9.17, 15) is 18.0 Å². The molecule has 1 amide bonds. The topological polar surface area (TPSA) is 88.2 Å². The van der Waals surface area contributed by atoms with Crippen LogP contribution in [0.2, 0.25) is 0 Å². The summed E-state index contributed by atoms with van der Waals surface area (Å²) in [5.74, 6) is 0.624. The Labute approximate surface area is 208 Å². The molecular weight excluding hydrogens is 479 g/mol. The number of carbonyl (C=O) groups is 1. The van der Waals surface area contributed by atoms with E-state index in [0.717, 1.165) is 16.1 Å². The van der Waals surface area contributed by atoms with Crippen LogP contribution in [-0.4, -0.2) is 40.4 Å². The molecule has 11 heteroatoms. The Morgan fingerprint density at radius 3 is 2.29 bits per heavy atom. The summed E-state index contributed by atoms with van der Waals surface area (Å²) in [6, 6.07) is 7.28. The van der Waals surface area contributed by atoms with Crippen LogP contribution in [0, 0.1) is 12.8 Å². The maximum atomic E-state index is 12.3. The number of alkyl halides is 3. The Balaban J connectivity index is 0.00000210. The van der Waals surface area contributed by atoms with E-state index in [0.29, 0.717) is 24.8 Å². The molecule has 190 valence electrons. The number of alkyl carbamates (subject to hydrolysis) is 1. The molecular formula is C24H30F3N5O2S. The van der Waals surface area contributed by atoms with Gasteiger partial charge in [0.25, 0.3) is 0 Å². The van der Waals surface area contributed by atoms with Gasteiger partial charge in [0, 0.05) is 35.1 Å². The van der Waals surface area contributed by atoms with Crippen LogP contribution in [0.1, 0.15) is 51.5 Å². The summed E-state index contributed by atoms with van der Waals surface area (Å²) in [7, 11) is 0. The van der Waals surface area contributed by atoms with Crippen LogP contribution in [0.5, 0.6) is 0 Å². The Morgan fingerprint density at radius 2 is 1.74 bits per heavy atom. The molecule has 7 nitrogen and oxygen atoms in total. The Hall–Kier alpha value is -2.97. The van der Waals surface area contributed by atoms with Crippen LogP contribution >= 0.6 is 11.9 Å².